The minimum atomic E-state index is -0.593. The summed E-state index contributed by atoms with van der Waals surface area (Å²) in [5.74, 6) is 4.71. The number of nitrogens with zero attached hydrogens (tertiary/aromatic N) is 4. The molecule has 2 aliphatic carbocycles. The van der Waals surface area contributed by atoms with Crippen molar-refractivity contribution >= 4 is 10.8 Å². The molecule has 0 N–H and O–H groups in total. The Bertz CT molecular complexity index is 6730. The maximum atomic E-state index is 6.85. The third kappa shape index (κ3) is 9.89. The Kier molecular flexibility index (Phi) is 14.3. The summed E-state index contributed by atoms with van der Waals surface area (Å²) in [7, 11) is 0. The number of aromatic nitrogens is 4. The van der Waals surface area contributed by atoms with Crippen LogP contribution < -0.4 is 9.47 Å². The lowest BCUT2D eigenvalue weighted by Gasteiger charge is -2.39. The fraction of sp³-hybridized carbons (Fsp3) is 0.0192. The average Bonchev–Trinajstić information content (AvgIpc) is 1.50. The number of ether oxygens (including phenoxy) is 2. The molecule has 16 aromatic carbocycles. The van der Waals surface area contributed by atoms with E-state index >= 15 is 0 Å². The van der Waals surface area contributed by atoms with Crippen LogP contribution in [0.5, 0.6) is 23.0 Å². The van der Waals surface area contributed by atoms with Crippen LogP contribution in [0.2, 0.25) is 0 Å². The topological polar surface area (TPSA) is 70.0 Å². The van der Waals surface area contributed by atoms with Crippen molar-refractivity contribution < 1.29 is 9.47 Å². The van der Waals surface area contributed by atoms with Gasteiger partial charge in [0.15, 0.2) is 11.6 Å². The molecule has 0 saturated heterocycles. The van der Waals surface area contributed by atoms with E-state index in [0.717, 1.165) is 151 Å². The van der Waals surface area contributed by atoms with Gasteiger partial charge in [0, 0.05) is 55.6 Å². The van der Waals surface area contributed by atoms with Crippen molar-refractivity contribution in [1.82, 2.24) is 19.9 Å². The summed E-state index contributed by atoms with van der Waals surface area (Å²) in [6, 6.07) is 139. The lowest BCUT2D eigenvalue weighted by Crippen LogP contribution is -2.32. The molecular weight excluding hydrogens is 1340 g/mol. The van der Waals surface area contributed by atoms with Crippen LogP contribution in [0.3, 0.4) is 0 Å². The number of fused-ring (bicyclic) bond motifs is 19. The fourth-order valence-corrected chi connectivity index (χ4v) is 18.1. The van der Waals surface area contributed by atoms with Gasteiger partial charge in [-0.2, -0.15) is 0 Å². The molecule has 0 atom stereocenters. The zero-order chi connectivity index (χ0) is 72.4. The number of benzene rings is 16. The molecule has 6 heteroatoms. The minimum Gasteiger partial charge on any atom is -0.457 e. The number of rotatable bonds is 10. The lowest BCUT2D eigenvalue weighted by atomic mass is 9.66. The van der Waals surface area contributed by atoms with Gasteiger partial charge in [-0.15, -0.1) is 0 Å². The van der Waals surface area contributed by atoms with Crippen molar-refractivity contribution in [2.75, 3.05) is 0 Å². The van der Waals surface area contributed by atoms with E-state index in [1.165, 1.54) is 49.9 Å². The fourth-order valence-electron chi connectivity index (χ4n) is 18.1. The first-order valence-electron chi connectivity index (χ1n) is 37.5. The van der Waals surface area contributed by atoms with Gasteiger partial charge in [0.1, 0.15) is 23.0 Å². The van der Waals surface area contributed by atoms with Crippen LogP contribution in [-0.2, 0) is 10.8 Å². The lowest BCUT2D eigenvalue weighted by molar-refractivity contribution is 0.436. The van der Waals surface area contributed by atoms with E-state index in [4.69, 9.17) is 29.4 Å². The molecule has 2 aromatic heterocycles. The molecule has 110 heavy (non-hydrogen) atoms. The van der Waals surface area contributed by atoms with Gasteiger partial charge in [0.25, 0.3) is 0 Å². The van der Waals surface area contributed by atoms with Gasteiger partial charge in [-0.05, 0) is 173 Å². The normalized spacial score (nSPS) is 13.2. The van der Waals surface area contributed by atoms with Gasteiger partial charge < -0.3 is 9.47 Å². The molecule has 18 aromatic rings. The smallest absolute Gasteiger partial charge is 0.160 e. The third-order valence-corrected chi connectivity index (χ3v) is 23.1. The first kappa shape index (κ1) is 62.9. The molecule has 0 radical (unpaired) electrons. The van der Waals surface area contributed by atoms with Crippen LogP contribution in [0, 0.1) is 0 Å². The Morgan fingerprint density at radius 2 is 0.491 bits per heavy atom. The highest BCUT2D eigenvalue weighted by Crippen LogP contribution is 2.64. The summed E-state index contributed by atoms with van der Waals surface area (Å²) in [6.07, 6.45) is 0. The van der Waals surface area contributed by atoms with E-state index < -0.39 is 10.8 Å². The molecule has 0 amide bonds. The molecule has 0 unspecified atom stereocenters. The van der Waals surface area contributed by atoms with Crippen molar-refractivity contribution in [3.8, 4) is 158 Å². The second-order valence-electron chi connectivity index (χ2n) is 29.0. The predicted molar refractivity (Wildman–Crippen MR) is 444 cm³/mol. The molecule has 4 heterocycles. The van der Waals surface area contributed by atoms with E-state index in [2.05, 4.69) is 382 Å². The van der Waals surface area contributed by atoms with Crippen molar-refractivity contribution in [1.29, 1.82) is 0 Å². The molecule has 0 fully saturated rings. The van der Waals surface area contributed by atoms with Crippen LogP contribution in [0.1, 0.15) is 44.5 Å². The van der Waals surface area contributed by atoms with E-state index in [1.54, 1.807) is 0 Å². The Morgan fingerprint density at radius 1 is 0.164 bits per heavy atom. The van der Waals surface area contributed by atoms with Crippen LogP contribution in [0.15, 0.2) is 388 Å². The monoisotopic (exact) mass is 1400 g/mol. The van der Waals surface area contributed by atoms with E-state index in [-0.39, 0.29) is 0 Å². The SMILES string of the molecule is c1ccc(-c2cc(-c3ccc(-c4cccc(-c5ccccc5-c5cc(-c6ccc7ccccc7c6)nc(-c6cccc(-c7ccc8c(c7)C7(c9ccccc9O8)c8ccccc8-c8ccccc87)c6)n5)c4)cc3)nc(-c3cccc(-c4ccc5c(c4)C4(c6ccccc6O5)c5ccccc5-c5ccccc54)c3)n2)cc1. The highest BCUT2D eigenvalue weighted by Gasteiger charge is 2.53. The molecule has 2 aliphatic heterocycles. The van der Waals surface area contributed by atoms with E-state index in [9.17, 15) is 0 Å². The Labute approximate surface area is 637 Å². The van der Waals surface area contributed by atoms with Gasteiger partial charge in [-0.1, -0.05) is 315 Å². The van der Waals surface area contributed by atoms with Crippen LogP contribution in [0.4, 0.5) is 0 Å². The Morgan fingerprint density at radius 3 is 1.02 bits per heavy atom. The van der Waals surface area contributed by atoms with Crippen molar-refractivity contribution in [3.05, 3.63) is 433 Å². The van der Waals surface area contributed by atoms with Crippen molar-refractivity contribution in [2.24, 2.45) is 0 Å². The van der Waals surface area contributed by atoms with Gasteiger partial charge in [0.2, 0.25) is 0 Å². The molecule has 0 bridgehead atoms. The first-order valence-corrected chi connectivity index (χ1v) is 37.5. The second kappa shape index (κ2) is 25.1. The highest BCUT2D eigenvalue weighted by atomic mass is 16.5. The Balaban J connectivity index is 0.605. The van der Waals surface area contributed by atoms with Crippen LogP contribution in [-0.4, -0.2) is 19.9 Å². The molecule has 512 valence electrons. The zero-order valence-corrected chi connectivity index (χ0v) is 59.6. The molecule has 6 nitrogen and oxygen atoms in total. The maximum Gasteiger partial charge on any atom is 0.160 e. The molecule has 2 spiro atoms. The van der Waals surface area contributed by atoms with Gasteiger partial charge in [-0.25, -0.2) is 19.9 Å². The van der Waals surface area contributed by atoms with E-state index in [1.807, 2.05) is 6.07 Å². The highest BCUT2D eigenvalue weighted by molar-refractivity contribution is 5.94. The van der Waals surface area contributed by atoms with Crippen molar-refractivity contribution in [3.63, 3.8) is 0 Å². The maximum absolute atomic E-state index is 6.85. The predicted octanol–water partition coefficient (Wildman–Crippen LogP) is 26.0. The quantitative estimate of drug-likeness (QED) is 0.136. The van der Waals surface area contributed by atoms with Gasteiger partial charge in [-0.3, -0.25) is 0 Å². The standard InChI is InChI=1S/C104H64N4O2/c1-2-24-67(25-3-1)93-63-94(106-101(105-93)77-31-21-28-71(59-77)73-53-55-99-91(61-73)103(89-43-16-18-45-97(89)109-99)85-39-12-8-34-80(85)81-35-9-13-40-86(81)103)68-50-47-66(48-51-68)70-27-20-30-75(57-70)79-33-6-7-38-84(79)96-64-95(76-52-49-65-23-4-5-26-69(65)58-76)107-102(108-96)78-32-22-29-72(60-78)74-54-56-100-92(62-74)104(90-44-17-19-46-98(90)110-100)87-41-14-10-36-82(87)83-37-11-15-42-88(83)104/h1-64H. The van der Waals surface area contributed by atoms with Gasteiger partial charge in [0.05, 0.1) is 33.6 Å². The summed E-state index contributed by atoms with van der Waals surface area (Å²) in [6.45, 7) is 0. The van der Waals surface area contributed by atoms with Crippen molar-refractivity contribution in [2.45, 2.75) is 10.8 Å². The summed E-state index contributed by atoms with van der Waals surface area (Å²) < 4.78 is 13.7. The molecular formula is C104H64N4O2. The van der Waals surface area contributed by atoms with E-state index in [0.29, 0.717) is 11.6 Å². The first-order chi connectivity index (χ1) is 54.5. The number of hydrogen-bond donors (Lipinski definition) is 0. The second-order valence-corrected chi connectivity index (χ2v) is 29.0. The average molecular weight is 1400 g/mol. The van der Waals surface area contributed by atoms with Gasteiger partial charge >= 0.3 is 0 Å². The third-order valence-electron chi connectivity index (χ3n) is 23.1. The molecule has 4 aliphatic rings. The number of hydrogen-bond acceptors (Lipinski definition) is 6. The van der Waals surface area contributed by atoms with Crippen LogP contribution in [0.25, 0.3) is 145 Å². The molecule has 0 saturated carbocycles. The molecule has 22 rings (SSSR count). The summed E-state index contributed by atoms with van der Waals surface area (Å²) in [4.78, 5) is 21.8. The summed E-state index contributed by atoms with van der Waals surface area (Å²) in [5, 5.41) is 2.31. The zero-order valence-electron chi connectivity index (χ0n) is 59.6. The summed E-state index contributed by atoms with van der Waals surface area (Å²) in [5.41, 5.74) is 31.0. The van der Waals surface area contributed by atoms with Crippen LogP contribution >= 0.6 is 0 Å². The Hall–Kier alpha value is -14.5. The summed E-state index contributed by atoms with van der Waals surface area (Å²) >= 11 is 0. The minimum absolute atomic E-state index is 0.580. The number of para-hydroxylation sites is 2. The largest absolute Gasteiger partial charge is 0.457 e.